The number of nitrogens with zero attached hydrogens (tertiary/aromatic N) is 1. The molecule has 2 rings (SSSR count). The van der Waals surface area contributed by atoms with Gasteiger partial charge in [0.2, 0.25) is 15.9 Å². The van der Waals surface area contributed by atoms with Crippen LogP contribution in [0.1, 0.15) is 24.9 Å². The second-order valence-corrected chi connectivity index (χ2v) is 8.52. The highest BCUT2D eigenvalue weighted by atomic mass is 32.2. The number of hydrogen-bond donors (Lipinski definition) is 1. The van der Waals surface area contributed by atoms with Gasteiger partial charge in [-0.1, -0.05) is 13.0 Å². The molecule has 1 atom stereocenters. The van der Waals surface area contributed by atoms with E-state index in [1.54, 1.807) is 50.6 Å². The summed E-state index contributed by atoms with van der Waals surface area (Å²) in [7, 11) is 0.952. The minimum absolute atomic E-state index is 0.311. The maximum absolute atomic E-state index is 12.7. The van der Waals surface area contributed by atoms with E-state index in [1.165, 1.54) is 7.11 Å². The van der Waals surface area contributed by atoms with Crippen molar-refractivity contribution < 1.29 is 27.4 Å². The predicted molar refractivity (Wildman–Crippen MR) is 116 cm³/mol. The summed E-state index contributed by atoms with van der Waals surface area (Å²) in [6.45, 7) is 1.59. The van der Waals surface area contributed by atoms with Crippen LogP contribution in [0.4, 0.5) is 5.69 Å². The Bertz CT molecular complexity index is 960. The Kier molecular flexibility index (Phi) is 7.93. The van der Waals surface area contributed by atoms with E-state index in [0.29, 0.717) is 29.4 Å². The first-order valence-corrected chi connectivity index (χ1v) is 11.2. The van der Waals surface area contributed by atoms with Gasteiger partial charge in [-0.15, -0.1) is 0 Å². The number of hydrogen-bond acceptors (Lipinski definition) is 6. The fourth-order valence-electron chi connectivity index (χ4n) is 3.01. The van der Waals surface area contributed by atoms with Gasteiger partial charge in [0, 0.05) is 0 Å². The van der Waals surface area contributed by atoms with Crippen LogP contribution in [0, 0.1) is 0 Å². The number of rotatable bonds is 10. The number of carbonyl (C=O) groups excluding carboxylic acids is 1. The summed E-state index contributed by atoms with van der Waals surface area (Å²) in [5.74, 6) is 1.32. The number of sulfonamides is 1. The lowest BCUT2D eigenvalue weighted by atomic mass is 10.0. The van der Waals surface area contributed by atoms with E-state index in [2.05, 4.69) is 5.32 Å². The fourth-order valence-corrected chi connectivity index (χ4v) is 3.87. The molecule has 1 N–H and O–H groups in total. The zero-order valence-corrected chi connectivity index (χ0v) is 18.7. The highest BCUT2D eigenvalue weighted by Gasteiger charge is 2.23. The lowest BCUT2D eigenvalue weighted by Crippen LogP contribution is -2.41. The molecule has 0 heterocycles. The van der Waals surface area contributed by atoms with Gasteiger partial charge in [0.25, 0.3) is 0 Å². The fraction of sp³-hybridized carbons (Fsp3) is 0.381. The molecule has 0 spiro atoms. The van der Waals surface area contributed by atoms with E-state index in [1.807, 2.05) is 13.0 Å². The second-order valence-electron chi connectivity index (χ2n) is 6.61. The van der Waals surface area contributed by atoms with Crippen LogP contribution in [0.2, 0.25) is 0 Å². The molecule has 0 bridgehead atoms. The number of nitrogens with one attached hydrogen (secondary N) is 1. The first kappa shape index (κ1) is 23.3. The summed E-state index contributed by atoms with van der Waals surface area (Å²) in [6, 6.07) is 11.6. The minimum Gasteiger partial charge on any atom is -0.497 e. The van der Waals surface area contributed by atoms with Gasteiger partial charge >= 0.3 is 0 Å². The first-order valence-electron chi connectivity index (χ1n) is 9.36. The van der Waals surface area contributed by atoms with Crippen molar-refractivity contribution in [2.45, 2.75) is 19.4 Å². The van der Waals surface area contributed by atoms with Crippen LogP contribution < -0.4 is 23.8 Å². The van der Waals surface area contributed by atoms with Gasteiger partial charge in [-0.3, -0.25) is 9.10 Å². The number of anilines is 1. The van der Waals surface area contributed by atoms with Crippen molar-refractivity contribution in [3.05, 3.63) is 48.0 Å². The third-order valence-electron chi connectivity index (χ3n) is 4.60. The topological polar surface area (TPSA) is 94.2 Å². The van der Waals surface area contributed by atoms with Gasteiger partial charge in [-0.2, -0.15) is 0 Å². The maximum atomic E-state index is 12.7. The minimum atomic E-state index is -3.66. The summed E-state index contributed by atoms with van der Waals surface area (Å²) in [5.41, 5.74) is 1.21. The first-order chi connectivity index (χ1) is 14.2. The van der Waals surface area contributed by atoms with Gasteiger partial charge < -0.3 is 19.5 Å². The molecule has 0 saturated heterocycles. The molecule has 0 aliphatic carbocycles. The zero-order chi connectivity index (χ0) is 22.3. The molecule has 9 heteroatoms. The predicted octanol–water partition coefficient (Wildman–Crippen LogP) is 2.75. The normalized spacial score (nSPS) is 12.0. The lowest BCUT2D eigenvalue weighted by molar-refractivity contribution is -0.120. The monoisotopic (exact) mass is 436 g/mol. The van der Waals surface area contributed by atoms with Gasteiger partial charge in [-0.25, -0.2) is 8.42 Å². The third-order valence-corrected chi connectivity index (χ3v) is 5.74. The Hall–Kier alpha value is -2.94. The quantitative estimate of drug-likeness (QED) is 0.616. The van der Waals surface area contributed by atoms with Crippen molar-refractivity contribution in [1.29, 1.82) is 0 Å². The maximum Gasteiger partial charge on any atom is 0.241 e. The average molecular weight is 437 g/mol. The van der Waals surface area contributed by atoms with Crippen molar-refractivity contribution in [3.63, 3.8) is 0 Å². The number of methoxy groups -OCH3 is 3. The van der Waals surface area contributed by atoms with Gasteiger partial charge in [0.1, 0.15) is 12.3 Å². The second kappa shape index (κ2) is 10.2. The molecule has 0 saturated carbocycles. The molecule has 0 fully saturated rings. The Morgan fingerprint density at radius 1 is 1.00 bits per heavy atom. The molecule has 8 nitrogen and oxygen atoms in total. The number of ether oxygens (including phenoxy) is 3. The largest absolute Gasteiger partial charge is 0.497 e. The van der Waals surface area contributed by atoms with Gasteiger partial charge in [0.15, 0.2) is 11.5 Å². The summed E-state index contributed by atoms with van der Waals surface area (Å²) in [4.78, 5) is 12.7. The third kappa shape index (κ3) is 5.79. The molecule has 2 aromatic carbocycles. The van der Waals surface area contributed by atoms with E-state index >= 15 is 0 Å². The average Bonchev–Trinajstić information content (AvgIpc) is 2.74. The Labute approximate surface area is 177 Å². The molecular weight excluding hydrogens is 408 g/mol. The Morgan fingerprint density at radius 2 is 1.63 bits per heavy atom. The number of benzene rings is 2. The van der Waals surface area contributed by atoms with Crippen LogP contribution in [0.3, 0.4) is 0 Å². The lowest BCUT2D eigenvalue weighted by Gasteiger charge is -2.24. The standard InChI is InChI=1S/C21H28N2O6S/c1-6-18(15-7-12-19(28-3)20(13-15)29-4)22-21(24)14-23(30(5,25)26)16-8-10-17(27-2)11-9-16/h7-13,18H,6,14H2,1-5H3,(H,22,24)/t18-/m0/s1. The van der Waals surface area contributed by atoms with Gasteiger partial charge in [-0.05, 0) is 48.4 Å². The van der Waals surface area contributed by atoms with Crippen molar-refractivity contribution in [3.8, 4) is 17.2 Å². The van der Waals surface area contributed by atoms with E-state index < -0.39 is 15.9 Å². The Balaban J connectivity index is 2.20. The zero-order valence-electron chi connectivity index (χ0n) is 17.8. The molecule has 1 amide bonds. The summed E-state index contributed by atoms with van der Waals surface area (Å²) in [5, 5.41) is 2.90. The summed E-state index contributed by atoms with van der Waals surface area (Å²) >= 11 is 0. The van der Waals surface area contributed by atoms with E-state index in [4.69, 9.17) is 14.2 Å². The van der Waals surface area contributed by atoms with Crippen LogP contribution in [-0.2, 0) is 14.8 Å². The van der Waals surface area contributed by atoms with Crippen LogP contribution in [0.25, 0.3) is 0 Å². The van der Waals surface area contributed by atoms with Crippen LogP contribution >= 0.6 is 0 Å². The van der Waals surface area contributed by atoms with Gasteiger partial charge in [0.05, 0.1) is 39.3 Å². The highest BCUT2D eigenvalue weighted by Crippen LogP contribution is 2.31. The molecule has 0 aromatic heterocycles. The Morgan fingerprint density at radius 3 is 2.13 bits per heavy atom. The molecule has 30 heavy (non-hydrogen) atoms. The molecular formula is C21H28N2O6S. The summed E-state index contributed by atoms with van der Waals surface area (Å²) < 4.78 is 41.3. The van der Waals surface area contributed by atoms with E-state index in [0.717, 1.165) is 16.1 Å². The summed E-state index contributed by atoms with van der Waals surface area (Å²) in [6.07, 6.45) is 1.68. The highest BCUT2D eigenvalue weighted by molar-refractivity contribution is 7.92. The van der Waals surface area contributed by atoms with Crippen molar-refractivity contribution in [2.75, 3.05) is 38.4 Å². The van der Waals surface area contributed by atoms with Crippen LogP contribution in [0.5, 0.6) is 17.2 Å². The molecule has 0 radical (unpaired) electrons. The van der Waals surface area contributed by atoms with Crippen molar-refractivity contribution in [2.24, 2.45) is 0 Å². The van der Waals surface area contributed by atoms with Crippen molar-refractivity contribution in [1.82, 2.24) is 5.32 Å². The molecule has 0 unspecified atom stereocenters. The molecule has 0 aliphatic rings. The van der Waals surface area contributed by atoms with Crippen molar-refractivity contribution >= 4 is 21.6 Å². The van der Waals surface area contributed by atoms with Crippen LogP contribution in [-0.4, -0.2) is 48.5 Å². The molecule has 2 aromatic rings. The van der Waals surface area contributed by atoms with E-state index in [9.17, 15) is 13.2 Å². The number of amides is 1. The van der Waals surface area contributed by atoms with E-state index in [-0.39, 0.29) is 12.6 Å². The molecule has 0 aliphatic heterocycles. The molecule has 164 valence electrons. The number of carbonyl (C=O) groups is 1. The van der Waals surface area contributed by atoms with Crippen LogP contribution in [0.15, 0.2) is 42.5 Å². The SMILES string of the molecule is CC[C@H](NC(=O)CN(c1ccc(OC)cc1)S(C)(=O)=O)c1ccc(OC)c(OC)c1. The smallest absolute Gasteiger partial charge is 0.241 e.